The SMILES string of the molecule is O=C(CNS(=O)(=O)c1ccc(Cl)s1)NC1CCCCC1. The molecule has 20 heavy (non-hydrogen) atoms. The van der Waals surface area contributed by atoms with Gasteiger partial charge in [0, 0.05) is 6.04 Å². The topological polar surface area (TPSA) is 75.3 Å². The van der Waals surface area contributed by atoms with E-state index in [1.54, 1.807) is 0 Å². The second-order valence-electron chi connectivity index (χ2n) is 4.79. The minimum atomic E-state index is -3.65. The molecule has 1 aliphatic rings. The van der Waals surface area contributed by atoms with Crippen molar-refractivity contribution >= 4 is 38.9 Å². The summed E-state index contributed by atoms with van der Waals surface area (Å²) >= 11 is 6.67. The van der Waals surface area contributed by atoms with Gasteiger partial charge in [0.15, 0.2) is 0 Å². The van der Waals surface area contributed by atoms with Crippen molar-refractivity contribution in [3.8, 4) is 0 Å². The standard InChI is InChI=1S/C12H17ClN2O3S2/c13-10-6-7-12(19-10)20(17,18)14-8-11(16)15-9-4-2-1-3-5-9/h6-7,9,14H,1-5,8H2,(H,15,16). The van der Waals surface area contributed by atoms with Crippen LogP contribution in [0.25, 0.3) is 0 Å². The molecule has 1 aromatic rings. The number of sulfonamides is 1. The maximum atomic E-state index is 11.9. The second-order valence-corrected chi connectivity index (χ2v) is 8.49. The molecule has 1 aliphatic carbocycles. The number of rotatable bonds is 5. The number of halogens is 1. The maximum absolute atomic E-state index is 11.9. The van der Waals surface area contributed by atoms with Gasteiger partial charge in [0.25, 0.3) is 10.0 Å². The summed E-state index contributed by atoms with van der Waals surface area (Å²) in [5.41, 5.74) is 0. The smallest absolute Gasteiger partial charge is 0.250 e. The number of carbonyl (C=O) groups excluding carboxylic acids is 1. The lowest BCUT2D eigenvalue weighted by atomic mass is 9.95. The van der Waals surface area contributed by atoms with Gasteiger partial charge in [-0.3, -0.25) is 4.79 Å². The zero-order valence-corrected chi connectivity index (χ0v) is 13.3. The fourth-order valence-electron chi connectivity index (χ4n) is 2.20. The van der Waals surface area contributed by atoms with Crippen molar-refractivity contribution in [3.05, 3.63) is 16.5 Å². The van der Waals surface area contributed by atoms with Crippen molar-refractivity contribution in [2.24, 2.45) is 0 Å². The van der Waals surface area contributed by atoms with Crippen LogP contribution >= 0.6 is 22.9 Å². The first kappa shape index (κ1) is 15.8. The molecule has 0 spiro atoms. The minimum absolute atomic E-state index is 0.118. The molecule has 112 valence electrons. The molecule has 8 heteroatoms. The highest BCUT2D eigenvalue weighted by atomic mass is 35.5. The first-order valence-corrected chi connectivity index (χ1v) is 9.19. The zero-order chi connectivity index (χ0) is 14.6. The van der Waals surface area contributed by atoms with E-state index in [4.69, 9.17) is 11.6 Å². The van der Waals surface area contributed by atoms with Gasteiger partial charge in [-0.2, -0.15) is 0 Å². The summed E-state index contributed by atoms with van der Waals surface area (Å²) in [4.78, 5) is 11.7. The summed E-state index contributed by atoms with van der Waals surface area (Å²) < 4.78 is 26.6. The maximum Gasteiger partial charge on any atom is 0.250 e. The van der Waals surface area contributed by atoms with E-state index in [-0.39, 0.29) is 22.7 Å². The van der Waals surface area contributed by atoms with Crippen LogP contribution in [0.15, 0.2) is 16.3 Å². The quantitative estimate of drug-likeness (QED) is 0.865. The third-order valence-electron chi connectivity index (χ3n) is 3.21. The van der Waals surface area contributed by atoms with Crippen LogP contribution in [-0.4, -0.2) is 26.9 Å². The monoisotopic (exact) mass is 336 g/mol. The van der Waals surface area contributed by atoms with E-state index in [1.807, 2.05) is 0 Å². The van der Waals surface area contributed by atoms with Gasteiger partial charge in [-0.25, -0.2) is 13.1 Å². The summed E-state index contributed by atoms with van der Waals surface area (Å²) in [7, 11) is -3.65. The Balaban J connectivity index is 1.83. The van der Waals surface area contributed by atoms with E-state index in [9.17, 15) is 13.2 Å². The van der Waals surface area contributed by atoms with Gasteiger partial charge >= 0.3 is 0 Å². The summed E-state index contributed by atoms with van der Waals surface area (Å²) in [5, 5.41) is 2.86. The Morgan fingerprint density at radius 3 is 2.60 bits per heavy atom. The van der Waals surface area contributed by atoms with Crippen LogP contribution in [-0.2, 0) is 14.8 Å². The van der Waals surface area contributed by atoms with Gasteiger partial charge in [0.05, 0.1) is 10.9 Å². The molecule has 0 radical (unpaired) electrons. The summed E-state index contributed by atoms with van der Waals surface area (Å²) in [6.45, 7) is -0.242. The molecule has 0 bridgehead atoms. The largest absolute Gasteiger partial charge is 0.352 e. The fourth-order valence-corrected chi connectivity index (χ4v) is 4.71. The number of thiophene rings is 1. The van der Waals surface area contributed by atoms with Crippen LogP contribution in [0.4, 0.5) is 0 Å². The molecule has 0 saturated heterocycles. The number of hydrogen-bond acceptors (Lipinski definition) is 4. The molecular formula is C12H17ClN2O3S2. The third-order valence-corrected chi connectivity index (χ3v) is 6.33. The number of nitrogens with one attached hydrogen (secondary N) is 2. The van der Waals surface area contributed by atoms with E-state index in [0.29, 0.717) is 4.34 Å². The molecule has 2 rings (SSSR count). The van der Waals surface area contributed by atoms with Crippen LogP contribution in [0.3, 0.4) is 0 Å². The Hall–Kier alpha value is -0.630. The molecule has 5 nitrogen and oxygen atoms in total. The van der Waals surface area contributed by atoms with Crippen molar-refractivity contribution in [2.45, 2.75) is 42.4 Å². The van der Waals surface area contributed by atoms with Gasteiger partial charge < -0.3 is 5.32 Å². The Kier molecular flexibility index (Phi) is 5.42. The van der Waals surface area contributed by atoms with Crippen LogP contribution in [0, 0.1) is 0 Å². The molecule has 0 unspecified atom stereocenters. The number of carbonyl (C=O) groups is 1. The van der Waals surface area contributed by atoms with Gasteiger partial charge in [0.2, 0.25) is 5.91 Å². The van der Waals surface area contributed by atoms with Crippen molar-refractivity contribution < 1.29 is 13.2 Å². The van der Waals surface area contributed by atoms with Crippen molar-refractivity contribution in [1.29, 1.82) is 0 Å². The fraction of sp³-hybridized carbons (Fsp3) is 0.583. The van der Waals surface area contributed by atoms with Gasteiger partial charge in [-0.1, -0.05) is 30.9 Å². The Morgan fingerprint density at radius 2 is 2.00 bits per heavy atom. The van der Waals surface area contributed by atoms with Gasteiger partial charge in [-0.15, -0.1) is 11.3 Å². The average molecular weight is 337 g/mol. The highest BCUT2D eigenvalue weighted by molar-refractivity contribution is 7.91. The lowest BCUT2D eigenvalue weighted by Crippen LogP contribution is -2.42. The van der Waals surface area contributed by atoms with E-state index in [0.717, 1.165) is 37.0 Å². The van der Waals surface area contributed by atoms with Crippen LogP contribution in [0.1, 0.15) is 32.1 Å². The summed E-state index contributed by atoms with van der Waals surface area (Å²) in [6, 6.07) is 3.12. The van der Waals surface area contributed by atoms with Crippen molar-refractivity contribution in [3.63, 3.8) is 0 Å². The molecule has 1 amide bonds. The first-order chi connectivity index (χ1) is 9.47. The van der Waals surface area contributed by atoms with Crippen LogP contribution in [0.2, 0.25) is 4.34 Å². The molecule has 0 atom stereocenters. The molecule has 1 aromatic heterocycles. The highest BCUT2D eigenvalue weighted by Gasteiger charge is 2.20. The molecule has 0 aromatic carbocycles. The minimum Gasteiger partial charge on any atom is -0.352 e. The predicted octanol–water partition coefficient (Wildman–Crippen LogP) is 2.13. The lowest BCUT2D eigenvalue weighted by molar-refractivity contribution is -0.120. The number of hydrogen-bond donors (Lipinski definition) is 2. The van der Waals surface area contributed by atoms with E-state index in [2.05, 4.69) is 10.0 Å². The Labute approximate surface area is 127 Å². The van der Waals surface area contributed by atoms with Crippen LogP contribution < -0.4 is 10.0 Å². The van der Waals surface area contributed by atoms with E-state index in [1.165, 1.54) is 18.6 Å². The van der Waals surface area contributed by atoms with Gasteiger partial charge in [0.1, 0.15) is 4.21 Å². The molecule has 1 fully saturated rings. The first-order valence-electron chi connectivity index (χ1n) is 6.52. The van der Waals surface area contributed by atoms with Crippen molar-refractivity contribution in [2.75, 3.05) is 6.54 Å². The van der Waals surface area contributed by atoms with E-state index >= 15 is 0 Å². The average Bonchev–Trinajstić information content (AvgIpc) is 2.85. The zero-order valence-electron chi connectivity index (χ0n) is 10.9. The highest BCUT2D eigenvalue weighted by Crippen LogP contribution is 2.25. The second kappa shape index (κ2) is 6.89. The molecule has 2 N–H and O–H groups in total. The van der Waals surface area contributed by atoms with Crippen LogP contribution in [0.5, 0.6) is 0 Å². The summed E-state index contributed by atoms with van der Waals surface area (Å²) in [6.07, 6.45) is 5.38. The molecular weight excluding hydrogens is 320 g/mol. The summed E-state index contributed by atoms with van der Waals surface area (Å²) in [5.74, 6) is -0.289. The van der Waals surface area contributed by atoms with Crippen molar-refractivity contribution in [1.82, 2.24) is 10.0 Å². The molecule has 0 aliphatic heterocycles. The van der Waals surface area contributed by atoms with E-state index < -0.39 is 10.0 Å². The number of amides is 1. The normalized spacial score (nSPS) is 17.1. The molecule has 1 saturated carbocycles. The molecule has 1 heterocycles. The predicted molar refractivity (Wildman–Crippen MR) is 79.5 cm³/mol. The third kappa shape index (κ3) is 4.44. The lowest BCUT2D eigenvalue weighted by Gasteiger charge is -2.22. The van der Waals surface area contributed by atoms with Gasteiger partial charge in [-0.05, 0) is 25.0 Å². The Morgan fingerprint density at radius 1 is 1.30 bits per heavy atom. The Bertz CT molecular complexity index is 565.